The largest absolute Gasteiger partial charge is 0.322 e. The molecule has 27 heavy (non-hydrogen) atoms. The van der Waals surface area contributed by atoms with Gasteiger partial charge in [0, 0.05) is 16.9 Å². The molecule has 4 rings (SSSR count). The molecule has 2 heterocycles. The van der Waals surface area contributed by atoms with Gasteiger partial charge in [0.2, 0.25) is 0 Å². The van der Waals surface area contributed by atoms with Crippen molar-refractivity contribution in [1.82, 2.24) is 9.78 Å². The van der Waals surface area contributed by atoms with Gasteiger partial charge in [0.1, 0.15) is 5.69 Å². The van der Waals surface area contributed by atoms with Gasteiger partial charge < -0.3 is 5.32 Å². The van der Waals surface area contributed by atoms with E-state index in [0.717, 1.165) is 21.8 Å². The molecule has 134 valence electrons. The van der Waals surface area contributed by atoms with Crippen molar-refractivity contribution in [3.8, 4) is 16.3 Å². The van der Waals surface area contributed by atoms with Crippen LogP contribution in [-0.2, 0) is 0 Å². The molecule has 0 unspecified atom stereocenters. The Kier molecular flexibility index (Phi) is 4.79. The zero-order valence-electron chi connectivity index (χ0n) is 14.5. The molecular weight excluding hydrogens is 378 g/mol. The Bertz CT molecular complexity index is 1090. The van der Waals surface area contributed by atoms with E-state index in [2.05, 4.69) is 10.4 Å². The highest BCUT2D eigenvalue weighted by atomic mass is 35.5. The predicted octanol–water partition coefficient (Wildman–Crippen LogP) is 5.81. The van der Waals surface area contributed by atoms with Gasteiger partial charge in [-0.1, -0.05) is 35.9 Å². The van der Waals surface area contributed by atoms with Crippen molar-refractivity contribution in [2.45, 2.75) is 6.92 Å². The lowest BCUT2D eigenvalue weighted by atomic mass is 10.1. The minimum atomic E-state index is -0.203. The normalized spacial score (nSPS) is 10.7. The highest BCUT2D eigenvalue weighted by Crippen LogP contribution is 2.29. The molecule has 0 radical (unpaired) electrons. The maximum absolute atomic E-state index is 13.0. The second-order valence-corrected chi connectivity index (χ2v) is 7.45. The van der Waals surface area contributed by atoms with Crippen molar-refractivity contribution in [3.05, 3.63) is 88.4 Å². The predicted molar refractivity (Wildman–Crippen MR) is 111 cm³/mol. The number of aryl methyl sites for hydroxylation is 1. The third-order valence-electron chi connectivity index (χ3n) is 4.17. The summed E-state index contributed by atoms with van der Waals surface area (Å²) in [5.41, 5.74) is 3.73. The summed E-state index contributed by atoms with van der Waals surface area (Å²) >= 11 is 7.56. The number of thiophene rings is 1. The van der Waals surface area contributed by atoms with Crippen molar-refractivity contribution in [2.75, 3.05) is 5.32 Å². The Labute approximate surface area is 166 Å². The second-order valence-electron chi connectivity index (χ2n) is 6.06. The maximum Gasteiger partial charge on any atom is 0.259 e. The molecule has 4 nitrogen and oxygen atoms in total. The van der Waals surface area contributed by atoms with Gasteiger partial charge in [-0.05, 0) is 54.3 Å². The molecule has 0 saturated heterocycles. The Morgan fingerprint density at radius 1 is 1.11 bits per heavy atom. The molecule has 6 heteroatoms. The molecule has 2 aromatic carbocycles. The van der Waals surface area contributed by atoms with Crippen LogP contribution < -0.4 is 5.32 Å². The number of carbonyl (C=O) groups is 1. The van der Waals surface area contributed by atoms with E-state index < -0.39 is 0 Å². The van der Waals surface area contributed by atoms with Gasteiger partial charge in [-0.25, -0.2) is 4.68 Å². The number of nitrogens with one attached hydrogen (secondary N) is 1. The summed E-state index contributed by atoms with van der Waals surface area (Å²) in [6.07, 6.45) is 1.77. The molecular formula is C21H16ClN3OS. The van der Waals surface area contributed by atoms with Gasteiger partial charge in [0.05, 0.1) is 16.1 Å². The molecule has 0 aliphatic carbocycles. The lowest BCUT2D eigenvalue weighted by Crippen LogP contribution is -2.13. The molecule has 1 N–H and O–H groups in total. The second kappa shape index (κ2) is 7.39. The van der Waals surface area contributed by atoms with Crippen LogP contribution in [-0.4, -0.2) is 15.7 Å². The van der Waals surface area contributed by atoms with Crippen LogP contribution in [0, 0.1) is 6.92 Å². The summed E-state index contributed by atoms with van der Waals surface area (Å²) in [4.78, 5) is 14.0. The number of rotatable bonds is 4. The maximum atomic E-state index is 13.0. The summed E-state index contributed by atoms with van der Waals surface area (Å²) in [5.74, 6) is -0.203. The molecule has 4 aromatic rings. The first-order chi connectivity index (χ1) is 13.1. The number of anilines is 1. The Morgan fingerprint density at radius 3 is 2.63 bits per heavy atom. The van der Waals surface area contributed by atoms with E-state index in [4.69, 9.17) is 11.6 Å². The van der Waals surface area contributed by atoms with Crippen molar-refractivity contribution in [3.63, 3.8) is 0 Å². The van der Waals surface area contributed by atoms with E-state index >= 15 is 0 Å². The van der Waals surface area contributed by atoms with E-state index in [1.54, 1.807) is 28.3 Å². The number of carbonyl (C=O) groups excluding carboxylic acids is 1. The Balaban J connectivity index is 1.74. The fraction of sp³-hybridized carbons (Fsp3) is 0.0476. The zero-order valence-corrected chi connectivity index (χ0v) is 16.1. The first-order valence-electron chi connectivity index (χ1n) is 8.38. The van der Waals surface area contributed by atoms with Crippen molar-refractivity contribution in [2.24, 2.45) is 0 Å². The molecule has 0 saturated carbocycles. The topological polar surface area (TPSA) is 46.9 Å². The number of para-hydroxylation sites is 1. The quantitative estimate of drug-likeness (QED) is 0.475. The van der Waals surface area contributed by atoms with Gasteiger partial charge in [-0.3, -0.25) is 4.79 Å². The number of nitrogens with zero attached hydrogens (tertiary/aromatic N) is 2. The SMILES string of the molecule is Cc1cc(Cl)ccc1NC(=O)c1cn(-c2ccccc2)nc1-c1cccs1. The number of aromatic nitrogens is 2. The first-order valence-corrected chi connectivity index (χ1v) is 9.64. The van der Waals surface area contributed by atoms with Crippen LogP contribution in [0.5, 0.6) is 0 Å². The number of hydrogen-bond donors (Lipinski definition) is 1. The number of halogens is 1. The van der Waals surface area contributed by atoms with Crippen LogP contribution in [0.25, 0.3) is 16.3 Å². The van der Waals surface area contributed by atoms with Crippen LogP contribution in [0.2, 0.25) is 5.02 Å². The lowest BCUT2D eigenvalue weighted by Gasteiger charge is -2.08. The van der Waals surface area contributed by atoms with Crippen LogP contribution in [0.3, 0.4) is 0 Å². The number of amides is 1. The fourth-order valence-corrected chi connectivity index (χ4v) is 3.76. The summed E-state index contributed by atoms with van der Waals surface area (Å²) in [6, 6.07) is 19.1. The smallest absolute Gasteiger partial charge is 0.259 e. The monoisotopic (exact) mass is 393 g/mol. The van der Waals surface area contributed by atoms with Gasteiger partial charge in [0.25, 0.3) is 5.91 Å². The summed E-state index contributed by atoms with van der Waals surface area (Å²) in [5, 5.41) is 10.3. The molecule has 0 aliphatic heterocycles. The highest BCUT2D eigenvalue weighted by Gasteiger charge is 2.20. The molecule has 0 spiro atoms. The minimum Gasteiger partial charge on any atom is -0.322 e. The van der Waals surface area contributed by atoms with Crippen LogP contribution in [0.15, 0.2) is 72.2 Å². The molecule has 1 amide bonds. The van der Waals surface area contributed by atoms with Crippen LogP contribution in [0.1, 0.15) is 15.9 Å². The van der Waals surface area contributed by atoms with E-state index in [1.165, 1.54) is 0 Å². The van der Waals surface area contributed by atoms with E-state index in [1.807, 2.05) is 66.9 Å². The number of hydrogen-bond acceptors (Lipinski definition) is 3. The third kappa shape index (κ3) is 3.65. The average Bonchev–Trinajstić information content (AvgIpc) is 3.34. The first kappa shape index (κ1) is 17.5. The molecule has 0 bridgehead atoms. The van der Waals surface area contributed by atoms with Gasteiger partial charge in [-0.15, -0.1) is 11.3 Å². The minimum absolute atomic E-state index is 0.203. The van der Waals surface area contributed by atoms with Crippen LogP contribution in [0.4, 0.5) is 5.69 Å². The molecule has 0 aliphatic rings. The van der Waals surface area contributed by atoms with Gasteiger partial charge in [-0.2, -0.15) is 5.10 Å². The standard InChI is InChI=1S/C21H16ClN3OS/c1-14-12-15(22)9-10-18(14)23-21(26)17-13-25(16-6-3-2-4-7-16)24-20(17)19-8-5-11-27-19/h2-13H,1H3,(H,23,26). The third-order valence-corrected chi connectivity index (χ3v) is 5.28. The van der Waals surface area contributed by atoms with Crippen LogP contribution >= 0.6 is 22.9 Å². The number of benzene rings is 2. The van der Waals surface area contributed by atoms with E-state index in [-0.39, 0.29) is 5.91 Å². The summed E-state index contributed by atoms with van der Waals surface area (Å²) in [7, 11) is 0. The van der Waals surface area contributed by atoms with Crippen molar-refractivity contribution >= 4 is 34.5 Å². The molecule has 0 atom stereocenters. The Morgan fingerprint density at radius 2 is 1.93 bits per heavy atom. The summed E-state index contributed by atoms with van der Waals surface area (Å²) < 4.78 is 1.73. The highest BCUT2D eigenvalue weighted by molar-refractivity contribution is 7.13. The zero-order chi connectivity index (χ0) is 18.8. The molecule has 2 aromatic heterocycles. The summed E-state index contributed by atoms with van der Waals surface area (Å²) in [6.45, 7) is 1.91. The van der Waals surface area contributed by atoms with Crippen molar-refractivity contribution in [1.29, 1.82) is 0 Å². The van der Waals surface area contributed by atoms with Gasteiger partial charge in [0.15, 0.2) is 0 Å². The Hall–Kier alpha value is -2.89. The fourth-order valence-electron chi connectivity index (χ4n) is 2.81. The van der Waals surface area contributed by atoms with Gasteiger partial charge >= 0.3 is 0 Å². The average molecular weight is 394 g/mol. The lowest BCUT2D eigenvalue weighted by molar-refractivity contribution is 0.102. The van der Waals surface area contributed by atoms with E-state index in [9.17, 15) is 4.79 Å². The van der Waals surface area contributed by atoms with E-state index in [0.29, 0.717) is 16.3 Å². The molecule has 0 fully saturated rings. The van der Waals surface area contributed by atoms with Crippen molar-refractivity contribution < 1.29 is 4.79 Å².